The van der Waals surface area contributed by atoms with E-state index in [-0.39, 0.29) is 0 Å². The Morgan fingerprint density at radius 1 is 1.16 bits per heavy atom. The lowest BCUT2D eigenvalue weighted by Crippen LogP contribution is -2.34. The van der Waals surface area contributed by atoms with Crippen molar-refractivity contribution in [2.45, 2.75) is 25.8 Å². The molecule has 3 heteroatoms. The van der Waals surface area contributed by atoms with Crippen LogP contribution in [0.2, 0.25) is 0 Å². The van der Waals surface area contributed by atoms with Gasteiger partial charge in [0.05, 0.1) is 0 Å². The number of aromatic nitrogens is 2. The molecule has 1 atom stereocenters. The number of fused-ring (bicyclic) bond motifs is 1. The van der Waals surface area contributed by atoms with E-state index in [1.165, 1.54) is 27.6 Å². The summed E-state index contributed by atoms with van der Waals surface area (Å²) in [7, 11) is 0. The molecule has 4 rings (SSSR count). The molecule has 2 N–H and O–H groups in total. The minimum atomic E-state index is 0.460. The van der Waals surface area contributed by atoms with Gasteiger partial charge in [-0.25, -0.2) is 4.98 Å². The smallest absolute Gasteiger partial charge is 0.137 e. The summed E-state index contributed by atoms with van der Waals surface area (Å²) in [5.74, 6) is 0. The lowest BCUT2D eigenvalue weighted by molar-refractivity contribution is 0.517. The second-order valence-electron chi connectivity index (χ2n) is 6.75. The predicted molar refractivity (Wildman–Crippen MR) is 105 cm³/mol. The van der Waals surface area contributed by atoms with Crippen LogP contribution >= 0.6 is 0 Å². The molecule has 126 valence electrons. The number of allylic oxidation sites excluding steroid dienone is 1. The van der Waals surface area contributed by atoms with Crippen LogP contribution in [0.5, 0.6) is 0 Å². The van der Waals surface area contributed by atoms with E-state index in [1.54, 1.807) is 0 Å². The molecule has 0 aliphatic carbocycles. The molecule has 1 aliphatic rings. The Labute approximate surface area is 148 Å². The SMILES string of the molecule is Cc1ccc(C=CC2=CCNC(Cc3c[nH]c4ncccc34)C2)cc1. The third-order valence-corrected chi connectivity index (χ3v) is 4.82. The molecule has 0 spiro atoms. The number of H-pyrrole nitrogens is 1. The molecule has 0 radical (unpaired) electrons. The molecule has 25 heavy (non-hydrogen) atoms. The lowest BCUT2D eigenvalue weighted by Gasteiger charge is -2.23. The molecule has 3 nitrogen and oxygen atoms in total. The van der Waals surface area contributed by atoms with Crippen molar-refractivity contribution in [1.82, 2.24) is 15.3 Å². The van der Waals surface area contributed by atoms with E-state index < -0.39 is 0 Å². The highest BCUT2D eigenvalue weighted by Gasteiger charge is 2.16. The maximum absolute atomic E-state index is 4.38. The Morgan fingerprint density at radius 3 is 2.92 bits per heavy atom. The van der Waals surface area contributed by atoms with Crippen molar-refractivity contribution in [2.24, 2.45) is 0 Å². The second-order valence-corrected chi connectivity index (χ2v) is 6.75. The number of hydrogen-bond donors (Lipinski definition) is 2. The molecular formula is C22H23N3. The first-order valence-corrected chi connectivity index (χ1v) is 8.86. The molecule has 0 saturated heterocycles. The zero-order valence-electron chi connectivity index (χ0n) is 14.5. The third kappa shape index (κ3) is 3.72. The Morgan fingerprint density at radius 2 is 2.04 bits per heavy atom. The van der Waals surface area contributed by atoms with Crippen molar-refractivity contribution in [2.75, 3.05) is 6.54 Å². The third-order valence-electron chi connectivity index (χ3n) is 4.82. The van der Waals surface area contributed by atoms with E-state index in [1.807, 2.05) is 12.3 Å². The predicted octanol–water partition coefficient (Wildman–Crippen LogP) is 4.42. The number of aryl methyl sites for hydroxylation is 1. The fraction of sp³-hybridized carbons (Fsp3) is 0.227. The number of nitrogens with one attached hydrogen (secondary N) is 2. The van der Waals surface area contributed by atoms with Crippen molar-refractivity contribution in [3.05, 3.63) is 83.2 Å². The van der Waals surface area contributed by atoms with E-state index in [4.69, 9.17) is 0 Å². The van der Waals surface area contributed by atoms with Gasteiger partial charge in [-0.1, -0.05) is 48.1 Å². The van der Waals surface area contributed by atoms with Gasteiger partial charge in [0.1, 0.15) is 5.65 Å². The van der Waals surface area contributed by atoms with Crippen molar-refractivity contribution >= 4 is 17.1 Å². The Hall–Kier alpha value is -2.65. The first kappa shape index (κ1) is 15.9. The second kappa shape index (κ2) is 7.08. The van der Waals surface area contributed by atoms with Crippen LogP contribution in [0.4, 0.5) is 0 Å². The van der Waals surface area contributed by atoms with Crippen molar-refractivity contribution in [3.63, 3.8) is 0 Å². The summed E-state index contributed by atoms with van der Waals surface area (Å²) in [6.45, 7) is 3.05. The van der Waals surface area contributed by atoms with Crippen LogP contribution in [-0.4, -0.2) is 22.6 Å². The van der Waals surface area contributed by atoms with Crippen LogP contribution in [0.15, 0.2) is 66.5 Å². The average Bonchev–Trinajstić information content (AvgIpc) is 3.05. The molecule has 0 saturated carbocycles. The minimum Gasteiger partial charge on any atom is -0.346 e. The van der Waals surface area contributed by atoms with Gasteiger partial charge >= 0.3 is 0 Å². The van der Waals surface area contributed by atoms with E-state index in [2.05, 4.69) is 77.0 Å². The number of pyridine rings is 1. The zero-order valence-corrected chi connectivity index (χ0v) is 14.5. The van der Waals surface area contributed by atoms with Crippen LogP contribution in [0.3, 0.4) is 0 Å². The maximum atomic E-state index is 4.38. The molecule has 1 unspecified atom stereocenters. The maximum Gasteiger partial charge on any atom is 0.137 e. The highest BCUT2D eigenvalue weighted by Crippen LogP contribution is 2.21. The van der Waals surface area contributed by atoms with Gasteiger partial charge in [0, 0.05) is 30.4 Å². The van der Waals surface area contributed by atoms with Gasteiger partial charge in [0.25, 0.3) is 0 Å². The highest BCUT2D eigenvalue weighted by atomic mass is 14.9. The quantitative estimate of drug-likeness (QED) is 0.744. The highest BCUT2D eigenvalue weighted by molar-refractivity contribution is 5.79. The van der Waals surface area contributed by atoms with Gasteiger partial charge in [-0.2, -0.15) is 0 Å². The molecule has 0 bridgehead atoms. The van der Waals surface area contributed by atoms with Crippen LogP contribution in [0, 0.1) is 6.92 Å². The summed E-state index contributed by atoms with van der Waals surface area (Å²) in [5.41, 5.74) is 6.27. The van der Waals surface area contributed by atoms with Crippen molar-refractivity contribution < 1.29 is 0 Å². The fourth-order valence-electron chi connectivity index (χ4n) is 3.40. The summed E-state index contributed by atoms with van der Waals surface area (Å²) < 4.78 is 0. The van der Waals surface area contributed by atoms with Gasteiger partial charge in [-0.3, -0.25) is 0 Å². The van der Waals surface area contributed by atoms with Crippen molar-refractivity contribution in [1.29, 1.82) is 0 Å². The number of aromatic amines is 1. The summed E-state index contributed by atoms with van der Waals surface area (Å²) in [5, 5.41) is 4.85. The molecule has 2 aromatic heterocycles. The van der Waals surface area contributed by atoms with Gasteiger partial charge in [0.15, 0.2) is 0 Å². The summed E-state index contributed by atoms with van der Waals surface area (Å²) >= 11 is 0. The van der Waals surface area contributed by atoms with Gasteiger partial charge < -0.3 is 10.3 Å². The Balaban J connectivity index is 1.43. The largest absolute Gasteiger partial charge is 0.346 e. The zero-order chi connectivity index (χ0) is 17.1. The molecular weight excluding hydrogens is 306 g/mol. The number of nitrogens with zero attached hydrogens (tertiary/aromatic N) is 1. The van der Waals surface area contributed by atoms with Crippen LogP contribution < -0.4 is 5.32 Å². The lowest BCUT2D eigenvalue weighted by atomic mass is 9.95. The van der Waals surface area contributed by atoms with Crippen molar-refractivity contribution in [3.8, 4) is 0 Å². The summed E-state index contributed by atoms with van der Waals surface area (Å²) in [6.07, 6.45) is 12.8. The molecule has 0 amide bonds. The van der Waals surface area contributed by atoms with Gasteiger partial charge in [0.2, 0.25) is 0 Å². The standard InChI is InChI=1S/C22H23N3/c1-16-4-6-17(7-5-16)8-9-18-10-12-23-20(13-18)14-19-15-25-22-21(19)3-2-11-24-22/h2-11,15,20,23H,12-14H2,1H3,(H,24,25). The fourth-order valence-corrected chi connectivity index (χ4v) is 3.40. The topological polar surface area (TPSA) is 40.7 Å². The van der Waals surface area contributed by atoms with Crippen LogP contribution in [-0.2, 0) is 6.42 Å². The van der Waals surface area contributed by atoms with E-state index >= 15 is 0 Å². The first-order valence-electron chi connectivity index (χ1n) is 8.86. The normalized spacial score (nSPS) is 18.0. The number of benzene rings is 1. The molecule has 3 heterocycles. The van der Waals surface area contributed by atoms with Crippen LogP contribution in [0.1, 0.15) is 23.1 Å². The molecule has 1 aromatic carbocycles. The molecule has 3 aromatic rings. The summed E-state index contributed by atoms with van der Waals surface area (Å²) in [6, 6.07) is 13.3. The Kier molecular flexibility index (Phi) is 4.49. The molecule has 0 fully saturated rings. The minimum absolute atomic E-state index is 0.460. The molecule has 1 aliphatic heterocycles. The number of hydrogen-bond acceptors (Lipinski definition) is 2. The van der Waals surface area contributed by atoms with E-state index in [0.717, 1.165) is 25.0 Å². The van der Waals surface area contributed by atoms with Gasteiger partial charge in [-0.05, 0) is 48.6 Å². The van der Waals surface area contributed by atoms with Crippen LogP contribution in [0.25, 0.3) is 17.1 Å². The Bertz CT molecular complexity index is 916. The number of rotatable bonds is 4. The summed E-state index contributed by atoms with van der Waals surface area (Å²) in [4.78, 5) is 7.65. The monoisotopic (exact) mass is 329 g/mol. The van der Waals surface area contributed by atoms with Gasteiger partial charge in [-0.15, -0.1) is 0 Å². The first-order chi connectivity index (χ1) is 12.3. The van der Waals surface area contributed by atoms with E-state index in [9.17, 15) is 0 Å². The average molecular weight is 329 g/mol. The van der Waals surface area contributed by atoms with E-state index in [0.29, 0.717) is 6.04 Å².